The summed E-state index contributed by atoms with van der Waals surface area (Å²) in [6.07, 6.45) is -0.133. The molecule has 1 saturated heterocycles. The number of rotatable bonds is 2. The number of amides is 1. The van der Waals surface area contributed by atoms with Gasteiger partial charge in [-0.05, 0) is 11.6 Å². The number of carbonyl (C=O) groups is 1. The maximum atomic E-state index is 12.4. The fourth-order valence-corrected chi connectivity index (χ4v) is 2.33. The van der Waals surface area contributed by atoms with Crippen LogP contribution in [0.4, 0.5) is 0 Å². The number of H-pyrrole nitrogens is 1. The molecule has 0 bridgehead atoms. The van der Waals surface area contributed by atoms with Crippen LogP contribution in [0.1, 0.15) is 22.2 Å². The van der Waals surface area contributed by atoms with Crippen molar-refractivity contribution in [2.75, 3.05) is 19.7 Å². The largest absolute Gasteiger partial charge is 0.370 e. The SMILES string of the molecule is O=C(c1ccc(=O)[nH]n1)N1CCOC(c2ccccc2)C1. The Labute approximate surface area is 121 Å². The van der Waals surface area contributed by atoms with E-state index in [1.165, 1.54) is 12.1 Å². The van der Waals surface area contributed by atoms with E-state index in [9.17, 15) is 9.59 Å². The highest BCUT2D eigenvalue weighted by Crippen LogP contribution is 2.22. The Morgan fingerprint density at radius 2 is 2.05 bits per heavy atom. The predicted molar refractivity (Wildman–Crippen MR) is 75.9 cm³/mol. The average molecular weight is 285 g/mol. The highest BCUT2D eigenvalue weighted by molar-refractivity contribution is 5.92. The Kier molecular flexibility index (Phi) is 3.79. The number of aromatic amines is 1. The lowest BCUT2D eigenvalue weighted by molar-refractivity contribution is -0.0230. The van der Waals surface area contributed by atoms with Gasteiger partial charge in [0.15, 0.2) is 0 Å². The van der Waals surface area contributed by atoms with Crippen LogP contribution in [-0.2, 0) is 4.74 Å². The summed E-state index contributed by atoms with van der Waals surface area (Å²) >= 11 is 0. The van der Waals surface area contributed by atoms with Gasteiger partial charge in [0.05, 0.1) is 13.2 Å². The minimum absolute atomic E-state index is 0.133. The van der Waals surface area contributed by atoms with Crippen LogP contribution in [0, 0.1) is 0 Å². The molecule has 21 heavy (non-hydrogen) atoms. The third-order valence-electron chi connectivity index (χ3n) is 3.42. The zero-order valence-electron chi connectivity index (χ0n) is 11.4. The first-order valence-electron chi connectivity index (χ1n) is 6.75. The lowest BCUT2D eigenvalue weighted by atomic mass is 10.1. The summed E-state index contributed by atoms with van der Waals surface area (Å²) in [6, 6.07) is 12.5. The molecule has 6 nitrogen and oxygen atoms in total. The quantitative estimate of drug-likeness (QED) is 0.892. The molecule has 3 rings (SSSR count). The maximum absolute atomic E-state index is 12.4. The second-order valence-corrected chi connectivity index (χ2v) is 4.83. The van der Waals surface area contributed by atoms with Gasteiger partial charge >= 0.3 is 0 Å². The van der Waals surface area contributed by atoms with Crippen molar-refractivity contribution >= 4 is 5.91 Å². The number of hydrogen-bond acceptors (Lipinski definition) is 4. The first-order chi connectivity index (χ1) is 10.2. The minimum Gasteiger partial charge on any atom is -0.370 e. The molecular weight excluding hydrogens is 270 g/mol. The number of carbonyl (C=O) groups excluding carboxylic acids is 1. The summed E-state index contributed by atoms with van der Waals surface area (Å²) in [6.45, 7) is 1.47. The highest BCUT2D eigenvalue weighted by Gasteiger charge is 2.26. The first kappa shape index (κ1) is 13.5. The van der Waals surface area contributed by atoms with Gasteiger partial charge < -0.3 is 9.64 Å². The number of benzene rings is 1. The Hall–Kier alpha value is -2.47. The molecule has 1 aromatic carbocycles. The molecule has 2 aromatic rings. The average Bonchev–Trinajstić information content (AvgIpc) is 2.56. The summed E-state index contributed by atoms with van der Waals surface area (Å²) in [5.41, 5.74) is 0.962. The zero-order valence-corrected chi connectivity index (χ0v) is 11.4. The number of nitrogens with zero attached hydrogens (tertiary/aromatic N) is 2. The molecule has 0 aliphatic carbocycles. The van der Waals surface area contributed by atoms with E-state index in [0.29, 0.717) is 19.7 Å². The second-order valence-electron chi connectivity index (χ2n) is 4.83. The summed E-state index contributed by atoms with van der Waals surface area (Å²) in [5.74, 6) is -0.199. The lowest BCUT2D eigenvalue weighted by Crippen LogP contribution is -2.42. The number of ether oxygens (including phenoxy) is 1. The van der Waals surface area contributed by atoms with Gasteiger partial charge in [-0.15, -0.1) is 0 Å². The lowest BCUT2D eigenvalue weighted by Gasteiger charge is -2.32. The molecule has 6 heteroatoms. The van der Waals surface area contributed by atoms with Crippen LogP contribution in [0.25, 0.3) is 0 Å². The van der Waals surface area contributed by atoms with Crippen LogP contribution < -0.4 is 5.56 Å². The van der Waals surface area contributed by atoms with Crippen molar-refractivity contribution in [3.63, 3.8) is 0 Å². The van der Waals surface area contributed by atoms with Crippen LogP contribution in [0.2, 0.25) is 0 Å². The molecule has 0 spiro atoms. The normalized spacial score (nSPS) is 18.5. The molecule has 1 atom stereocenters. The van der Waals surface area contributed by atoms with Crippen LogP contribution in [-0.4, -0.2) is 40.7 Å². The van der Waals surface area contributed by atoms with E-state index < -0.39 is 0 Å². The second kappa shape index (κ2) is 5.88. The van der Waals surface area contributed by atoms with E-state index in [2.05, 4.69) is 10.2 Å². The van der Waals surface area contributed by atoms with Crippen LogP contribution in [0.5, 0.6) is 0 Å². The monoisotopic (exact) mass is 285 g/mol. The van der Waals surface area contributed by atoms with E-state index in [0.717, 1.165) is 5.56 Å². The molecule has 1 amide bonds. The van der Waals surface area contributed by atoms with Crippen molar-refractivity contribution in [3.05, 3.63) is 64.1 Å². The molecule has 0 radical (unpaired) electrons. The Balaban J connectivity index is 1.75. The molecule has 108 valence electrons. The van der Waals surface area contributed by atoms with E-state index >= 15 is 0 Å². The third kappa shape index (κ3) is 3.00. The molecule has 1 unspecified atom stereocenters. The van der Waals surface area contributed by atoms with Gasteiger partial charge in [0.2, 0.25) is 0 Å². The molecule has 1 aromatic heterocycles. The molecule has 0 saturated carbocycles. The third-order valence-corrected chi connectivity index (χ3v) is 3.42. The van der Waals surface area contributed by atoms with E-state index in [4.69, 9.17) is 4.74 Å². The standard InChI is InChI=1S/C15H15N3O3/c19-14-7-6-12(16-17-14)15(20)18-8-9-21-13(10-18)11-4-2-1-3-5-11/h1-7,13H,8-10H2,(H,17,19). The first-order valence-corrected chi connectivity index (χ1v) is 6.75. The predicted octanol–water partition coefficient (Wildman–Crippen LogP) is 0.984. The van der Waals surface area contributed by atoms with Gasteiger partial charge in [-0.25, -0.2) is 5.10 Å². The van der Waals surface area contributed by atoms with Crippen molar-refractivity contribution in [2.24, 2.45) is 0 Å². The molecule has 2 heterocycles. The maximum Gasteiger partial charge on any atom is 0.274 e. The van der Waals surface area contributed by atoms with Crippen molar-refractivity contribution < 1.29 is 9.53 Å². The summed E-state index contributed by atoms with van der Waals surface area (Å²) in [5, 5.41) is 6.06. The molecule has 1 aliphatic rings. The molecule has 1 aliphatic heterocycles. The van der Waals surface area contributed by atoms with Crippen molar-refractivity contribution in [2.45, 2.75) is 6.10 Å². The topological polar surface area (TPSA) is 75.3 Å². The van der Waals surface area contributed by atoms with Crippen LogP contribution in [0.3, 0.4) is 0 Å². The van der Waals surface area contributed by atoms with Crippen LogP contribution >= 0.6 is 0 Å². The fraction of sp³-hybridized carbons (Fsp3) is 0.267. The number of morpholine rings is 1. The smallest absolute Gasteiger partial charge is 0.274 e. The van der Waals surface area contributed by atoms with Crippen LogP contribution in [0.15, 0.2) is 47.3 Å². The summed E-state index contributed by atoms with van der Waals surface area (Å²) in [7, 11) is 0. The molecular formula is C15H15N3O3. The number of nitrogens with one attached hydrogen (secondary N) is 1. The number of aromatic nitrogens is 2. The van der Waals surface area contributed by atoms with Crippen molar-refractivity contribution in [3.8, 4) is 0 Å². The number of hydrogen-bond donors (Lipinski definition) is 1. The van der Waals surface area contributed by atoms with Gasteiger partial charge in [-0.3, -0.25) is 9.59 Å². The van der Waals surface area contributed by atoms with Gasteiger partial charge in [0.1, 0.15) is 11.8 Å². The Morgan fingerprint density at radius 3 is 2.76 bits per heavy atom. The fourth-order valence-electron chi connectivity index (χ4n) is 2.33. The van der Waals surface area contributed by atoms with Gasteiger partial charge in [0.25, 0.3) is 11.5 Å². The Morgan fingerprint density at radius 1 is 1.24 bits per heavy atom. The van der Waals surface area contributed by atoms with Gasteiger partial charge in [0, 0.05) is 12.6 Å². The van der Waals surface area contributed by atoms with Crippen molar-refractivity contribution in [1.29, 1.82) is 0 Å². The van der Waals surface area contributed by atoms with Gasteiger partial charge in [-0.2, -0.15) is 5.10 Å². The Bertz CT molecular complexity index is 664. The van der Waals surface area contributed by atoms with Crippen molar-refractivity contribution in [1.82, 2.24) is 15.1 Å². The highest BCUT2D eigenvalue weighted by atomic mass is 16.5. The van der Waals surface area contributed by atoms with E-state index in [1.54, 1.807) is 4.90 Å². The summed E-state index contributed by atoms with van der Waals surface area (Å²) in [4.78, 5) is 25.1. The van der Waals surface area contributed by atoms with E-state index in [-0.39, 0.29) is 23.3 Å². The zero-order chi connectivity index (χ0) is 14.7. The molecule has 1 fully saturated rings. The van der Waals surface area contributed by atoms with Gasteiger partial charge in [-0.1, -0.05) is 30.3 Å². The van der Waals surface area contributed by atoms with E-state index in [1.807, 2.05) is 30.3 Å². The summed E-state index contributed by atoms with van der Waals surface area (Å²) < 4.78 is 5.73. The molecule has 1 N–H and O–H groups in total. The minimum atomic E-state index is -0.323.